The number of benzene rings is 17. The van der Waals surface area contributed by atoms with Gasteiger partial charge in [-0.3, -0.25) is 9.97 Å². The highest BCUT2D eigenvalue weighted by Crippen LogP contribution is 2.42. The Kier molecular flexibility index (Phi) is 17.2. The minimum atomic E-state index is 0.682. The van der Waals surface area contributed by atoms with Crippen LogP contribution in [0.1, 0.15) is 0 Å². The third-order valence-corrected chi connectivity index (χ3v) is 21.7. The summed E-state index contributed by atoms with van der Waals surface area (Å²) in [7, 11) is 0. The summed E-state index contributed by atoms with van der Waals surface area (Å²) in [5.74, 6) is 1.37. The minimum Gasteiger partial charge on any atom is -0.263 e. The second kappa shape index (κ2) is 29.0. The molecule has 6 nitrogen and oxygen atoms in total. The Hall–Kier alpha value is -15.0. The van der Waals surface area contributed by atoms with Crippen molar-refractivity contribution in [1.82, 2.24) is 29.9 Å². The van der Waals surface area contributed by atoms with E-state index in [1.807, 2.05) is 30.9 Å². The fourth-order valence-electron chi connectivity index (χ4n) is 16.1. The van der Waals surface area contributed by atoms with Gasteiger partial charge in [-0.05, 0) is 157 Å². The number of rotatable bonds is 12. The van der Waals surface area contributed by atoms with E-state index in [0.717, 1.165) is 106 Å². The van der Waals surface area contributed by atoms with Crippen LogP contribution in [0.2, 0.25) is 0 Å². The zero-order valence-electron chi connectivity index (χ0n) is 60.9. The molecule has 0 aliphatic heterocycles. The molecule has 0 fully saturated rings. The molecule has 0 saturated carbocycles. The summed E-state index contributed by atoms with van der Waals surface area (Å²) in [4.78, 5) is 30.0. The average Bonchev–Trinajstić information content (AvgIpc) is 0.724. The second-order valence-corrected chi connectivity index (χ2v) is 28.5. The summed E-state index contributed by atoms with van der Waals surface area (Å²) in [6, 6.07) is 138. The van der Waals surface area contributed by atoms with E-state index in [0.29, 0.717) is 11.6 Å². The largest absolute Gasteiger partial charge is 0.263 e. The van der Waals surface area contributed by atoms with Crippen molar-refractivity contribution in [2.75, 3.05) is 0 Å². The predicted octanol–water partition coefficient (Wildman–Crippen LogP) is 27.8. The predicted molar refractivity (Wildman–Crippen MR) is 467 cm³/mol. The average molecular weight is 1430 g/mol. The van der Waals surface area contributed by atoms with Gasteiger partial charge in [-0.15, -0.1) is 0 Å². The van der Waals surface area contributed by atoms with Crippen LogP contribution in [0.4, 0.5) is 0 Å². The maximum atomic E-state index is 5.26. The smallest absolute Gasteiger partial charge is 0.160 e. The topological polar surface area (TPSA) is 77.3 Å². The molecule has 17 aromatic carbocycles. The fraction of sp³-hybridized carbons (Fsp3) is 0. The molecule has 21 rings (SSSR count). The van der Waals surface area contributed by atoms with E-state index >= 15 is 0 Å². The highest BCUT2D eigenvalue weighted by molar-refractivity contribution is 6.15. The van der Waals surface area contributed by atoms with Crippen LogP contribution in [0, 0.1) is 0 Å². The lowest BCUT2D eigenvalue weighted by molar-refractivity contribution is 1.18. The van der Waals surface area contributed by atoms with E-state index in [-0.39, 0.29) is 0 Å². The van der Waals surface area contributed by atoms with E-state index in [4.69, 9.17) is 19.9 Å². The Labute approximate surface area is 648 Å². The summed E-state index contributed by atoms with van der Waals surface area (Å²) >= 11 is 0. The van der Waals surface area contributed by atoms with E-state index in [2.05, 4.69) is 392 Å². The number of hydrogen-bond acceptors (Lipinski definition) is 6. The zero-order chi connectivity index (χ0) is 74.3. The van der Waals surface area contributed by atoms with Gasteiger partial charge in [0.1, 0.15) is 0 Å². The van der Waals surface area contributed by atoms with Crippen molar-refractivity contribution in [1.29, 1.82) is 0 Å². The van der Waals surface area contributed by atoms with Crippen LogP contribution in [0.5, 0.6) is 0 Å². The molecular weight excluding hydrogens is 1360 g/mol. The first-order valence-electron chi connectivity index (χ1n) is 37.9. The normalized spacial score (nSPS) is 11.4. The van der Waals surface area contributed by atoms with Crippen LogP contribution in [0.15, 0.2) is 413 Å². The van der Waals surface area contributed by atoms with Gasteiger partial charge in [0, 0.05) is 80.1 Å². The van der Waals surface area contributed by atoms with Gasteiger partial charge in [0.25, 0.3) is 0 Å². The van der Waals surface area contributed by atoms with Crippen molar-refractivity contribution in [3.63, 3.8) is 0 Å². The monoisotopic (exact) mass is 1420 g/mol. The van der Waals surface area contributed by atoms with Crippen molar-refractivity contribution in [2.45, 2.75) is 0 Å². The molecule has 0 spiro atoms. The fourth-order valence-corrected chi connectivity index (χ4v) is 16.1. The molecule has 0 atom stereocenters. The van der Waals surface area contributed by atoms with Crippen LogP contribution in [0.25, 0.3) is 210 Å². The lowest BCUT2D eigenvalue weighted by Gasteiger charge is -2.13. The molecule has 4 heterocycles. The molecular formula is C106H68N6. The van der Waals surface area contributed by atoms with Gasteiger partial charge in [0.05, 0.1) is 22.8 Å². The van der Waals surface area contributed by atoms with Crippen molar-refractivity contribution < 1.29 is 0 Å². The van der Waals surface area contributed by atoms with Crippen LogP contribution in [-0.4, -0.2) is 29.9 Å². The van der Waals surface area contributed by atoms with Gasteiger partial charge in [-0.1, -0.05) is 352 Å². The van der Waals surface area contributed by atoms with Crippen molar-refractivity contribution >= 4 is 75.4 Å². The Morgan fingerprint density at radius 3 is 0.955 bits per heavy atom. The molecule has 0 N–H and O–H groups in total. The summed E-state index contributed by atoms with van der Waals surface area (Å²) in [5.41, 5.74) is 23.4. The van der Waals surface area contributed by atoms with E-state index < -0.39 is 0 Å². The van der Waals surface area contributed by atoms with E-state index in [1.54, 1.807) is 0 Å². The first-order valence-corrected chi connectivity index (χ1v) is 37.9. The molecule has 0 unspecified atom stereocenters. The quantitative estimate of drug-likeness (QED) is 0.113. The number of nitrogens with zero attached hydrogens (tertiary/aromatic N) is 6. The molecule has 112 heavy (non-hydrogen) atoms. The highest BCUT2D eigenvalue weighted by Gasteiger charge is 2.19. The van der Waals surface area contributed by atoms with Gasteiger partial charge in [-0.25, -0.2) is 19.9 Å². The molecule has 0 amide bonds. The molecule has 21 aromatic rings. The van der Waals surface area contributed by atoms with Gasteiger partial charge in [0.15, 0.2) is 11.6 Å². The van der Waals surface area contributed by atoms with Gasteiger partial charge < -0.3 is 0 Å². The van der Waals surface area contributed by atoms with Crippen LogP contribution < -0.4 is 0 Å². The maximum absolute atomic E-state index is 5.26. The molecule has 4 aromatic heterocycles. The number of fused-ring (bicyclic) bond motifs is 9. The Balaban J connectivity index is 0.000000146. The molecule has 0 bridgehead atoms. The second-order valence-electron chi connectivity index (χ2n) is 28.5. The van der Waals surface area contributed by atoms with Crippen LogP contribution in [-0.2, 0) is 0 Å². The Morgan fingerprint density at radius 1 is 0.134 bits per heavy atom. The first kappa shape index (κ1) is 66.5. The lowest BCUT2D eigenvalue weighted by atomic mass is 9.92. The molecule has 0 radical (unpaired) electrons. The summed E-state index contributed by atoms with van der Waals surface area (Å²) in [6.07, 6.45) is 7.73. The summed E-state index contributed by atoms with van der Waals surface area (Å²) in [6.45, 7) is 0. The van der Waals surface area contributed by atoms with Gasteiger partial charge in [-0.2, -0.15) is 0 Å². The summed E-state index contributed by atoms with van der Waals surface area (Å²) in [5, 5.41) is 17.0. The van der Waals surface area contributed by atoms with Crippen LogP contribution in [0.3, 0.4) is 0 Å². The summed E-state index contributed by atoms with van der Waals surface area (Å²) < 4.78 is 0. The SMILES string of the molecule is c1ccc(-c2cccc(-c3cc(-c4ccc(-c5cncc6ccccc56)cc4)nc(-c4cccc(-c5cc6ccccc6c6ccccc56)c4)n3)c2)cc1.c1ccc2c(-c3ccc(-c4cc(-c5ccc(-c6cncc7ccccc67)cc5)nc(-c5ccc(-c6cc7ccccc7c7ccccc67)cc5)n4)cc3)cccc2c1. The van der Waals surface area contributed by atoms with E-state index in [1.165, 1.54) is 92.5 Å². The molecule has 0 aliphatic rings. The Bertz CT molecular complexity index is 7000. The highest BCUT2D eigenvalue weighted by atomic mass is 14.9. The van der Waals surface area contributed by atoms with Crippen molar-refractivity contribution in [3.05, 3.63) is 413 Å². The zero-order valence-corrected chi connectivity index (χ0v) is 60.9. The number of aromatic nitrogens is 6. The third-order valence-electron chi connectivity index (χ3n) is 21.7. The lowest BCUT2D eigenvalue weighted by Crippen LogP contribution is -1.96. The molecule has 6 heteroatoms. The third kappa shape index (κ3) is 12.8. The molecule has 522 valence electrons. The minimum absolute atomic E-state index is 0.682. The molecule has 0 saturated heterocycles. The Morgan fingerprint density at radius 2 is 0.446 bits per heavy atom. The van der Waals surface area contributed by atoms with Gasteiger partial charge in [0.2, 0.25) is 0 Å². The van der Waals surface area contributed by atoms with Crippen molar-refractivity contribution in [2.24, 2.45) is 0 Å². The van der Waals surface area contributed by atoms with Gasteiger partial charge >= 0.3 is 0 Å². The van der Waals surface area contributed by atoms with Crippen molar-refractivity contribution in [3.8, 4) is 135 Å². The first-order chi connectivity index (χ1) is 55.5. The van der Waals surface area contributed by atoms with Crippen LogP contribution >= 0.6 is 0 Å². The standard InChI is InChI=1S/C55H35N3.C51H33N3/c1-4-14-45-36(10-1)13-9-19-46(45)37-20-26-40(27-21-37)53-33-54(41-28-22-39(23-29-41)52-35-56-34-44-12-3-6-16-48(44)52)58-55(57-53)42-30-24-38(25-31-42)51-32-43-11-2-5-15-47(43)49-17-7-8-18-50(49)51;1-2-12-34(13-3-1)37-16-10-18-40(28-37)50-31-49(36-26-24-35(25-27-36)48-33-52-32-42-15-5-7-21-44(42)48)53-51(54-50)41-19-11-17-38(29-41)47-30-39-14-4-6-20-43(39)45-22-8-9-23-46(45)47/h1-35H;1-33H. The number of hydrogen-bond donors (Lipinski definition) is 0. The van der Waals surface area contributed by atoms with E-state index in [9.17, 15) is 0 Å². The maximum Gasteiger partial charge on any atom is 0.160 e. The number of pyridine rings is 2. The molecule has 0 aliphatic carbocycles.